The minimum absolute atomic E-state index is 0.0288. The number of carbonyl (C=O) groups is 2. The molecule has 0 saturated carbocycles. The molecule has 1 unspecified atom stereocenters. The highest BCUT2D eigenvalue weighted by Crippen LogP contribution is 2.34. The number of halogens is 1. The normalized spacial score (nSPS) is 23.5. The van der Waals surface area contributed by atoms with E-state index < -0.39 is 0 Å². The van der Waals surface area contributed by atoms with Gasteiger partial charge in [0.05, 0.1) is 34.9 Å². The number of benzene rings is 1. The molecule has 0 spiro atoms. The van der Waals surface area contributed by atoms with Crippen LogP contribution in [0.1, 0.15) is 52.3 Å². The maximum absolute atomic E-state index is 13.4. The van der Waals surface area contributed by atoms with Gasteiger partial charge in [0.1, 0.15) is 0 Å². The van der Waals surface area contributed by atoms with Gasteiger partial charge in [-0.25, -0.2) is 0 Å². The van der Waals surface area contributed by atoms with Crippen molar-refractivity contribution < 1.29 is 9.59 Å². The quantitative estimate of drug-likeness (QED) is 0.586. The van der Waals surface area contributed by atoms with Gasteiger partial charge in [-0.2, -0.15) is 0 Å². The van der Waals surface area contributed by atoms with Crippen LogP contribution in [0.4, 0.5) is 5.69 Å². The van der Waals surface area contributed by atoms with Gasteiger partial charge in [-0.15, -0.1) is 0 Å². The maximum atomic E-state index is 13.4. The van der Waals surface area contributed by atoms with Crippen LogP contribution in [0, 0.1) is 11.8 Å². The number of aromatic nitrogens is 1. The summed E-state index contributed by atoms with van der Waals surface area (Å²) in [5.41, 5.74) is 1.37. The maximum Gasteiger partial charge on any atom is 0.241 e. The number of carbonyl (C=O) groups excluding carboxylic acids is 2. The van der Waals surface area contributed by atoms with E-state index in [1.807, 2.05) is 42.5 Å². The number of piperidine rings is 1. The number of hydrogen-bond acceptors (Lipinski definition) is 5. The number of piperazine rings is 1. The Morgan fingerprint density at radius 1 is 1.19 bits per heavy atom. The minimum atomic E-state index is -0.272. The Morgan fingerprint density at radius 2 is 1.94 bits per heavy atom. The molecule has 194 valence electrons. The second kappa shape index (κ2) is 11.3. The lowest BCUT2D eigenvalue weighted by molar-refractivity contribution is -0.129. The van der Waals surface area contributed by atoms with Gasteiger partial charge in [0, 0.05) is 37.4 Å². The summed E-state index contributed by atoms with van der Waals surface area (Å²) in [6.45, 7) is 10.8. The molecule has 2 aromatic rings. The predicted molar refractivity (Wildman–Crippen MR) is 144 cm³/mol. The molecule has 2 saturated heterocycles. The highest BCUT2D eigenvalue weighted by atomic mass is 35.5. The average molecular weight is 512 g/mol. The molecule has 2 aliphatic rings. The van der Waals surface area contributed by atoms with Gasteiger partial charge in [-0.3, -0.25) is 19.5 Å². The van der Waals surface area contributed by atoms with Gasteiger partial charge in [0.25, 0.3) is 0 Å². The Labute approximate surface area is 219 Å². The Balaban J connectivity index is 1.45. The number of hydrogen-bond donors (Lipinski definition) is 2. The summed E-state index contributed by atoms with van der Waals surface area (Å²) in [5, 5.41) is 7.31. The summed E-state index contributed by atoms with van der Waals surface area (Å²) in [6, 6.07) is 13.3. The SMILES string of the molecule is CC(C)CC(NC(=O)[C@@H]1CNC[C@H](N2CC(=O)N(c3ccccc3Cl)CC2(C)C)C1)c1ccccn1. The Bertz CT molecular complexity index is 1060. The summed E-state index contributed by atoms with van der Waals surface area (Å²) in [6.07, 6.45) is 3.31. The number of amides is 2. The van der Waals surface area contributed by atoms with Crippen molar-refractivity contribution in [2.45, 2.75) is 58.2 Å². The van der Waals surface area contributed by atoms with E-state index in [-0.39, 0.29) is 35.4 Å². The minimum Gasteiger partial charge on any atom is -0.347 e. The standard InChI is InChI=1S/C28H38ClN5O2/c1-19(2)13-24(23-10-7-8-12-31-23)32-27(36)20-14-21(16-30-15-20)34-17-26(35)33(18-28(34,3)4)25-11-6-5-9-22(25)29/h5-12,19-21,24,30H,13-18H2,1-4H3,(H,32,36)/t20-,21+,24?/m0/s1. The number of anilines is 1. The number of pyridine rings is 1. The van der Waals surface area contributed by atoms with Crippen LogP contribution in [0.5, 0.6) is 0 Å². The van der Waals surface area contributed by atoms with E-state index in [9.17, 15) is 9.59 Å². The van der Waals surface area contributed by atoms with Crippen LogP contribution in [0.2, 0.25) is 5.02 Å². The van der Waals surface area contributed by atoms with Crippen LogP contribution in [0.3, 0.4) is 0 Å². The van der Waals surface area contributed by atoms with E-state index in [2.05, 4.69) is 48.2 Å². The van der Waals surface area contributed by atoms with Crippen LogP contribution in [-0.4, -0.2) is 59.5 Å². The topological polar surface area (TPSA) is 77.6 Å². The third kappa shape index (κ3) is 6.07. The summed E-state index contributed by atoms with van der Waals surface area (Å²) in [5.74, 6) is 0.328. The van der Waals surface area contributed by atoms with Crippen molar-refractivity contribution in [1.29, 1.82) is 0 Å². The van der Waals surface area contributed by atoms with Gasteiger partial charge in [-0.1, -0.05) is 43.6 Å². The Hall–Kier alpha value is -2.48. The summed E-state index contributed by atoms with van der Waals surface area (Å²) < 4.78 is 0. The third-order valence-electron chi connectivity index (χ3n) is 7.28. The van der Waals surface area contributed by atoms with Gasteiger partial charge in [-0.05, 0) is 56.9 Å². The zero-order valence-corrected chi connectivity index (χ0v) is 22.5. The number of rotatable bonds is 7. The van der Waals surface area contributed by atoms with Gasteiger partial charge < -0.3 is 15.5 Å². The van der Waals surface area contributed by atoms with Crippen molar-refractivity contribution in [3.63, 3.8) is 0 Å². The van der Waals surface area contributed by atoms with E-state index >= 15 is 0 Å². The van der Waals surface area contributed by atoms with Crippen molar-refractivity contribution in [2.75, 3.05) is 31.1 Å². The molecule has 2 fully saturated rings. The van der Waals surface area contributed by atoms with E-state index in [1.165, 1.54) is 0 Å². The van der Waals surface area contributed by atoms with E-state index in [1.54, 1.807) is 11.1 Å². The molecule has 1 aromatic carbocycles. The first-order chi connectivity index (χ1) is 17.2. The molecule has 3 heterocycles. The fourth-order valence-corrected chi connectivity index (χ4v) is 5.72. The van der Waals surface area contributed by atoms with Crippen molar-refractivity contribution in [1.82, 2.24) is 20.5 Å². The molecule has 1 aromatic heterocycles. The van der Waals surface area contributed by atoms with Gasteiger partial charge in [0.15, 0.2) is 0 Å². The van der Waals surface area contributed by atoms with Gasteiger partial charge in [0.2, 0.25) is 11.8 Å². The lowest BCUT2D eigenvalue weighted by Gasteiger charge is -2.51. The zero-order valence-electron chi connectivity index (χ0n) is 21.7. The van der Waals surface area contributed by atoms with E-state index in [0.717, 1.165) is 24.3 Å². The average Bonchev–Trinajstić information content (AvgIpc) is 2.85. The van der Waals surface area contributed by atoms with Crippen LogP contribution < -0.4 is 15.5 Å². The van der Waals surface area contributed by atoms with Crippen molar-refractivity contribution in [3.05, 3.63) is 59.4 Å². The molecule has 2 amide bonds. The largest absolute Gasteiger partial charge is 0.347 e. The summed E-state index contributed by atoms with van der Waals surface area (Å²) in [4.78, 5) is 35.2. The molecule has 3 atom stereocenters. The van der Waals surface area contributed by atoms with E-state index in [4.69, 9.17) is 11.6 Å². The molecule has 2 N–H and O–H groups in total. The number of nitrogens with zero attached hydrogens (tertiary/aromatic N) is 3. The van der Waals surface area contributed by atoms with Crippen LogP contribution in [0.15, 0.2) is 48.7 Å². The predicted octanol–water partition coefficient (Wildman–Crippen LogP) is 4.04. The Kier molecular flexibility index (Phi) is 8.33. The monoisotopic (exact) mass is 511 g/mol. The zero-order chi connectivity index (χ0) is 25.9. The lowest BCUT2D eigenvalue weighted by atomic mass is 9.88. The second-order valence-electron chi connectivity index (χ2n) is 11.1. The first-order valence-electron chi connectivity index (χ1n) is 12.9. The molecule has 2 aliphatic heterocycles. The molecule has 8 heteroatoms. The fraction of sp³-hybridized carbons (Fsp3) is 0.536. The van der Waals surface area contributed by atoms with Crippen molar-refractivity contribution >= 4 is 29.1 Å². The molecule has 36 heavy (non-hydrogen) atoms. The first kappa shape index (κ1) is 26.6. The molecule has 0 bridgehead atoms. The number of para-hydroxylation sites is 1. The summed E-state index contributed by atoms with van der Waals surface area (Å²) >= 11 is 6.41. The summed E-state index contributed by atoms with van der Waals surface area (Å²) in [7, 11) is 0. The Morgan fingerprint density at radius 3 is 2.64 bits per heavy atom. The number of nitrogens with one attached hydrogen (secondary N) is 2. The molecular formula is C28H38ClN5O2. The molecule has 0 radical (unpaired) electrons. The second-order valence-corrected chi connectivity index (χ2v) is 11.5. The fourth-order valence-electron chi connectivity index (χ4n) is 5.48. The van der Waals surface area contributed by atoms with Crippen LogP contribution in [-0.2, 0) is 9.59 Å². The molecular weight excluding hydrogens is 474 g/mol. The van der Waals surface area contributed by atoms with Crippen LogP contribution >= 0.6 is 11.6 Å². The van der Waals surface area contributed by atoms with E-state index in [0.29, 0.717) is 37.0 Å². The molecule has 0 aliphatic carbocycles. The third-order valence-corrected chi connectivity index (χ3v) is 7.60. The lowest BCUT2D eigenvalue weighted by Crippen LogP contribution is -2.67. The molecule has 7 nitrogen and oxygen atoms in total. The van der Waals surface area contributed by atoms with Crippen molar-refractivity contribution in [2.24, 2.45) is 11.8 Å². The van der Waals surface area contributed by atoms with Crippen molar-refractivity contribution in [3.8, 4) is 0 Å². The highest BCUT2D eigenvalue weighted by Gasteiger charge is 2.44. The van der Waals surface area contributed by atoms with Crippen LogP contribution in [0.25, 0.3) is 0 Å². The molecule has 4 rings (SSSR count). The first-order valence-corrected chi connectivity index (χ1v) is 13.3. The van der Waals surface area contributed by atoms with Gasteiger partial charge >= 0.3 is 0 Å². The smallest absolute Gasteiger partial charge is 0.241 e. The highest BCUT2D eigenvalue weighted by molar-refractivity contribution is 6.33.